The van der Waals surface area contributed by atoms with Gasteiger partial charge in [-0.05, 0) is 53.9 Å². The maximum absolute atomic E-state index is 15.0. The van der Waals surface area contributed by atoms with Crippen LogP contribution in [0.1, 0.15) is 38.8 Å². The topological polar surface area (TPSA) is 92.8 Å². The van der Waals surface area contributed by atoms with Gasteiger partial charge in [0.05, 0.1) is 17.1 Å². The Morgan fingerprint density at radius 2 is 1.76 bits per heavy atom. The number of rotatable bonds is 5. The summed E-state index contributed by atoms with van der Waals surface area (Å²) < 4.78 is 44.8. The molecule has 2 amide bonds. The Kier molecular flexibility index (Phi) is 7.57. The summed E-state index contributed by atoms with van der Waals surface area (Å²) in [5.41, 5.74) is 2.92. The van der Waals surface area contributed by atoms with E-state index in [1.165, 1.54) is 13.1 Å². The first-order valence-electron chi connectivity index (χ1n) is 11.6. The number of carbonyl (C=O) groups is 2. The molecule has 194 valence electrons. The smallest absolute Gasteiger partial charge is 0.254 e. The van der Waals surface area contributed by atoms with Crippen LogP contribution in [-0.2, 0) is 22.8 Å². The third kappa shape index (κ3) is 5.33. The molecule has 0 aliphatic carbocycles. The van der Waals surface area contributed by atoms with E-state index in [0.717, 1.165) is 29.0 Å². The second-order valence-corrected chi connectivity index (χ2v) is 11.1. The van der Waals surface area contributed by atoms with Gasteiger partial charge in [-0.1, -0.05) is 30.7 Å². The SMILES string of the molecule is CCc1c(C(=O)N2CCOc3ccc(-c4ccc(C(=O)NC)c(Cl)c4)cc3C2)ccc(S(C)(=O)=O)c1F. The lowest BCUT2D eigenvalue weighted by atomic mass is 10.00. The summed E-state index contributed by atoms with van der Waals surface area (Å²) in [7, 11) is -2.24. The summed E-state index contributed by atoms with van der Waals surface area (Å²) in [4.78, 5) is 26.6. The van der Waals surface area contributed by atoms with Gasteiger partial charge >= 0.3 is 0 Å². The van der Waals surface area contributed by atoms with Crippen LogP contribution in [0.15, 0.2) is 53.4 Å². The first kappa shape index (κ1) is 26.6. The number of halogens is 2. The van der Waals surface area contributed by atoms with Crippen molar-refractivity contribution in [2.45, 2.75) is 24.8 Å². The molecular weight excluding hydrogens is 519 g/mol. The largest absolute Gasteiger partial charge is 0.491 e. The zero-order valence-corrected chi connectivity index (χ0v) is 22.2. The highest BCUT2D eigenvalue weighted by atomic mass is 35.5. The van der Waals surface area contributed by atoms with Gasteiger partial charge < -0.3 is 15.0 Å². The van der Waals surface area contributed by atoms with E-state index in [1.54, 1.807) is 30.0 Å². The molecule has 1 aliphatic rings. The predicted molar refractivity (Wildman–Crippen MR) is 139 cm³/mol. The van der Waals surface area contributed by atoms with Crippen molar-refractivity contribution in [3.05, 3.63) is 81.6 Å². The van der Waals surface area contributed by atoms with Crippen LogP contribution in [0.4, 0.5) is 4.39 Å². The van der Waals surface area contributed by atoms with E-state index < -0.39 is 26.5 Å². The maximum atomic E-state index is 15.0. The summed E-state index contributed by atoms with van der Waals surface area (Å²) in [5.74, 6) is -0.952. The normalized spacial score (nSPS) is 13.4. The van der Waals surface area contributed by atoms with E-state index in [-0.39, 0.29) is 43.2 Å². The van der Waals surface area contributed by atoms with Gasteiger partial charge in [-0.3, -0.25) is 9.59 Å². The van der Waals surface area contributed by atoms with E-state index >= 15 is 4.39 Å². The molecule has 0 saturated carbocycles. The molecule has 0 saturated heterocycles. The van der Waals surface area contributed by atoms with Crippen LogP contribution in [0.3, 0.4) is 0 Å². The monoisotopic (exact) mass is 544 g/mol. The first-order valence-corrected chi connectivity index (χ1v) is 13.9. The zero-order chi connectivity index (χ0) is 26.9. The molecule has 1 heterocycles. The maximum Gasteiger partial charge on any atom is 0.254 e. The van der Waals surface area contributed by atoms with E-state index in [2.05, 4.69) is 5.32 Å². The highest BCUT2D eigenvalue weighted by Gasteiger charge is 2.27. The lowest BCUT2D eigenvalue weighted by Gasteiger charge is -2.22. The summed E-state index contributed by atoms with van der Waals surface area (Å²) in [6, 6.07) is 13.2. The van der Waals surface area contributed by atoms with Crippen LogP contribution in [0.5, 0.6) is 5.75 Å². The second-order valence-electron chi connectivity index (χ2n) is 8.70. The van der Waals surface area contributed by atoms with Gasteiger partial charge in [0.2, 0.25) is 0 Å². The fourth-order valence-corrected chi connectivity index (χ4v) is 5.39. The van der Waals surface area contributed by atoms with Crippen LogP contribution in [0, 0.1) is 5.82 Å². The Labute approximate surface area is 220 Å². The van der Waals surface area contributed by atoms with E-state index in [0.29, 0.717) is 16.3 Å². The summed E-state index contributed by atoms with van der Waals surface area (Å²) in [6.45, 7) is 2.41. The average molecular weight is 545 g/mol. The predicted octanol–water partition coefficient (Wildman–Crippen LogP) is 4.51. The second kappa shape index (κ2) is 10.5. The molecule has 4 rings (SSSR count). The number of hydrogen-bond acceptors (Lipinski definition) is 5. The lowest BCUT2D eigenvalue weighted by Crippen LogP contribution is -2.33. The Morgan fingerprint density at radius 3 is 2.41 bits per heavy atom. The van der Waals surface area contributed by atoms with Crippen molar-refractivity contribution in [3.8, 4) is 16.9 Å². The van der Waals surface area contributed by atoms with Crippen molar-refractivity contribution in [3.63, 3.8) is 0 Å². The van der Waals surface area contributed by atoms with Crippen molar-refractivity contribution in [2.75, 3.05) is 26.5 Å². The number of fused-ring (bicyclic) bond motifs is 1. The van der Waals surface area contributed by atoms with Crippen LogP contribution in [0.2, 0.25) is 5.02 Å². The standard InChI is InChI=1S/C27H26ClFN2O5S/c1-4-19-20(8-10-24(25(19)29)37(3,34)35)27(33)31-11-12-36-23-9-6-16(13-18(23)15-31)17-5-7-21(22(28)14-17)26(32)30-2/h5-10,13-14H,4,11-12,15H2,1-3H3,(H,30,32). The average Bonchev–Trinajstić information content (AvgIpc) is 3.08. The molecule has 0 atom stereocenters. The molecule has 0 spiro atoms. The quantitative estimate of drug-likeness (QED) is 0.510. The summed E-state index contributed by atoms with van der Waals surface area (Å²) >= 11 is 6.33. The molecule has 0 aromatic heterocycles. The fraction of sp³-hybridized carbons (Fsp3) is 0.259. The van der Waals surface area contributed by atoms with Crippen LogP contribution < -0.4 is 10.1 Å². The number of sulfone groups is 1. The third-order valence-corrected chi connectivity index (χ3v) is 7.72. The highest BCUT2D eigenvalue weighted by molar-refractivity contribution is 7.90. The molecule has 0 bridgehead atoms. The lowest BCUT2D eigenvalue weighted by molar-refractivity contribution is 0.0731. The van der Waals surface area contributed by atoms with Crippen LogP contribution >= 0.6 is 11.6 Å². The highest BCUT2D eigenvalue weighted by Crippen LogP contribution is 2.32. The molecule has 0 fully saturated rings. The first-order chi connectivity index (χ1) is 17.5. The molecule has 0 radical (unpaired) electrons. The Morgan fingerprint density at radius 1 is 1.08 bits per heavy atom. The Balaban J connectivity index is 1.67. The summed E-state index contributed by atoms with van der Waals surface area (Å²) in [5, 5.41) is 2.86. The zero-order valence-electron chi connectivity index (χ0n) is 20.6. The molecule has 3 aromatic rings. The van der Waals surface area contributed by atoms with Gasteiger partial charge in [-0.15, -0.1) is 0 Å². The van der Waals surface area contributed by atoms with E-state index in [1.807, 2.05) is 18.2 Å². The van der Waals surface area contributed by atoms with E-state index in [9.17, 15) is 18.0 Å². The molecule has 0 unspecified atom stereocenters. The van der Waals surface area contributed by atoms with Gasteiger partial charge in [0.25, 0.3) is 11.8 Å². The van der Waals surface area contributed by atoms with Crippen molar-refractivity contribution >= 4 is 33.3 Å². The molecule has 1 aliphatic heterocycles. The van der Waals surface area contributed by atoms with E-state index in [4.69, 9.17) is 16.3 Å². The van der Waals surface area contributed by atoms with Gasteiger partial charge in [0.15, 0.2) is 9.84 Å². The molecular formula is C27H26ClFN2O5S. The minimum atomic E-state index is -3.77. The van der Waals surface area contributed by atoms with Gasteiger partial charge in [0.1, 0.15) is 23.1 Å². The van der Waals surface area contributed by atoms with Gasteiger partial charge in [-0.2, -0.15) is 0 Å². The molecule has 3 aromatic carbocycles. The van der Waals surface area contributed by atoms with Crippen molar-refractivity contribution in [1.29, 1.82) is 0 Å². The molecule has 37 heavy (non-hydrogen) atoms. The number of hydrogen-bond donors (Lipinski definition) is 1. The van der Waals surface area contributed by atoms with Crippen molar-refractivity contribution in [2.24, 2.45) is 0 Å². The number of amides is 2. The number of nitrogens with one attached hydrogen (secondary N) is 1. The van der Waals surface area contributed by atoms with Crippen LogP contribution in [0.25, 0.3) is 11.1 Å². The van der Waals surface area contributed by atoms with Crippen LogP contribution in [-0.4, -0.2) is 51.6 Å². The number of ether oxygens (including phenoxy) is 1. The van der Waals surface area contributed by atoms with Gasteiger partial charge in [-0.25, -0.2) is 12.8 Å². The number of benzene rings is 3. The summed E-state index contributed by atoms with van der Waals surface area (Å²) in [6.07, 6.45) is 1.10. The Bertz CT molecular complexity index is 1510. The number of carbonyl (C=O) groups excluding carboxylic acids is 2. The molecule has 10 heteroatoms. The molecule has 7 nitrogen and oxygen atoms in total. The number of nitrogens with zero attached hydrogens (tertiary/aromatic N) is 1. The third-order valence-electron chi connectivity index (χ3n) is 6.29. The van der Waals surface area contributed by atoms with Gasteiger partial charge in [0, 0.05) is 36.5 Å². The minimum Gasteiger partial charge on any atom is -0.491 e. The van der Waals surface area contributed by atoms with Crippen molar-refractivity contribution < 1.29 is 27.1 Å². The molecule has 1 N–H and O–H groups in total. The van der Waals surface area contributed by atoms with Crippen molar-refractivity contribution in [1.82, 2.24) is 10.2 Å². The minimum absolute atomic E-state index is 0.0675. The fourth-order valence-electron chi connectivity index (χ4n) is 4.36. The Hall–Kier alpha value is -3.43.